The van der Waals surface area contributed by atoms with Crippen LogP contribution in [0.5, 0.6) is 0 Å². The van der Waals surface area contributed by atoms with E-state index in [1.165, 1.54) is 11.3 Å². The molecule has 0 radical (unpaired) electrons. The SMILES string of the molecule is CCN(CC)CCOC(=O)C1Cc2ccc(C(=O)c3cccs3)cc2C1. The topological polar surface area (TPSA) is 46.6 Å². The van der Waals surface area contributed by atoms with Gasteiger partial charge in [-0.1, -0.05) is 32.0 Å². The molecular formula is C21H25NO3S. The van der Waals surface area contributed by atoms with Gasteiger partial charge in [0.05, 0.1) is 10.8 Å². The summed E-state index contributed by atoms with van der Waals surface area (Å²) in [7, 11) is 0. The number of nitrogens with zero attached hydrogens (tertiary/aromatic N) is 1. The molecule has 2 aromatic rings. The van der Waals surface area contributed by atoms with Crippen LogP contribution >= 0.6 is 11.3 Å². The number of carbonyl (C=O) groups is 2. The van der Waals surface area contributed by atoms with Crippen LogP contribution < -0.4 is 0 Å². The Morgan fingerprint density at radius 1 is 1.15 bits per heavy atom. The number of ether oxygens (including phenoxy) is 1. The number of rotatable bonds is 8. The highest BCUT2D eigenvalue weighted by molar-refractivity contribution is 7.12. The summed E-state index contributed by atoms with van der Waals surface area (Å²) in [6.45, 7) is 7.35. The number of likely N-dealkylation sites (N-methyl/N-ethyl adjacent to an activating group) is 1. The molecule has 0 bridgehead atoms. The molecule has 0 N–H and O–H groups in total. The van der Waals surface area contributed by atoms with E-state index in [0.29, 0.717) is 25.0 Å². The van der Waals surface area contributed by atoms with Crippen molar-refractivity contribution in [2.45, 2.75) is 26.7 Å². The average Bonchev–Trinajstić information content (AvgIpc) is 3.33. The lowest BCUT2D eigenvalue weighted by Gasteiger charge is -2.18. The Balaban J connectivity index is 1.58. The fourth-order valence-electron chi connectivity index (χ4n) is 3.41. The van der Waals surface area contributed by atoms with Crippen LogP contribution in [0.15, 0.2) is 35.7 Å². The smallest absolute Gasteiger partial charge is 0.309 e. The molecule has 0 aliphatic heterocycles. The van der Waals surface area contributed by atoms with Crippen LogP contribution in [0, 0.1) is 5.92 Å². The first-order valence-electron chi connectivity index (χ1n) is 9.21. The normalized spacial score (nSPS) is 15.9. The van der Waals surface area contributed by atoms with E-state index in [2.05, 4.69) is 18.7 Å². The van der Waals surface area contributed by atoms with Gasteiger partial charge in [-0.05, 0) is 54.6 Å². The Hall–Kier alpha value is -1.98. The van der Waals surface area contributed by atoms with E-state index in [9.17, 15) is 9.59 Å². The van der Waals surface area contributed by atoms with Gasteiger partial charge in [0, 0.05) is 12.1 Å². The largest absolute Gasteiger partial charge is 0.464 e. The van der Waals surface area contributed by atoms with Crippen molar-refractivity contribution in [3.05, 3.63) is 57.3 Å². The zero-order chi connectivity index (χ0) is 18.5. The highest BCUT2D eigenvalue weighted by atomic mass is 32.1. The summed E-state index contributed by atoms with van der Waals surface area (Å²) >= 11 is 1.45. The van der Waals surface area contributed by atoms with Crippen LogP contribution in [-0.2, 0) is 22.4 Å². The van der Waals surface area contributed by atoms with Gasteiger partial charge < -0.3 is 9.64 Å². The van der Waals surface area contributed by atoms with Gasteiger partial charge in [0.2, 0.25) is 5.78 Å². The molecule has 1 unspecified atom stereocenters. The number of carbonyl (C=O) groups excluding carboxylic acids is 2. The quantitative estimate of drug-likeness (QED) is 0.526. The van der Waals surface area contributed by atoms with E-state index in [4.69, 9.17) is 4.74 Å². The van der Waals surface area contributed by atoms with Gasteiger partial charge in [0.1, 0.15) is 6.61 Å². The summed E-state index contributed by atoms with van der Waals surface area (Å²) in [6, 6.07) is 9.53. The van der Waals surface area contributed by atoms with Crippen LogP contribution in [0.1, 0.15) is 40.2 Å². The van der Waals surface area contributed by atoms with Gasteiger partial charge in [-0.15, -0.1) is 11.3 Å². The molecule has 3 rings (SSSR count). The van der Waals surface area contributed by atoms with Gasteiger partial charge in [0.15, 0.2) is 0 Å². The summed E-state index contributed by atoms with van der Waals surface area (Å²) in [6.07, 6.45) is 1.36. The fourth-order valence-corrected chi connectivity index (χ4v) is 4.09. The molecule has 1 aliphatic rings. The molecule has 0 spiro atoms. The van der Waals surface area contributed by atoms with Gasteiger partial charge in [0.25, 0.3) is 0 Å². The van der Waals surface area contributed by atoms with Crippen LogP contribution in [0.25, 0.3) is 0 Å². The second-order valence-electron chi connectivity index (χ2n) is 6.59. The zero-order valence-electron chi connectivity index (χ0n) is 15.4. The summed E-state index contributed by atoms with van der Waals surface area (Å²) in [5.41, 5.74) is 2.94. The molecule has 1 heterocycles. The third kappa shape index (κ3) is 4.22. The number of esters is 1. The van der Waals surface area contributed by atoms with E-state index < -0.39 is 0 Å². The molecule has 1 atom stereocenters. The van der Waals surface area contributed by atoms with Gasteiger partial charge in [-0.25, -0.2) is 0 Å². The highest BCUT2D eigenvalue weighted by Gasteiger charge is 2.29. The maximum Gasteiger partial charge on any atom is 0.309 e. The number of thiophene rings is 1. The number of ketones is 1. The summed E-state index contributed by atoms with van der Waals surface area (Å²) in [5, 5.41) is 1.91. The Labute approximate surface area is 158 Å². The first kappa shape index (κ1) is 18.8. The minimum absolute atomic E-state index is 0.0491. The van der Waals surface area contributed by atoms with Gasteiger partial charge in [-0.3, -0.25) is 9.59 Å². The van der Waals surface area contributed by atoms with E-state index in [0.717, 1.165) is 35.6 Å². The molecule has 0 amide bonds. The monoisotopic (exact) mass is 371 g/mol. The predicted molar refractivity (Wildman–Crippen MR) is 104 cm³/mol. The molecule has 26 heavy (non-hydrogen) atoms. The first-order valence-corrected chi connectivity index (χ1v) is 10.1. The third-order valence-electron chi connectivity index (χ3n) is 5.03. The van der Waals surface area contributed by atoms with E-state index in [1.54, 1.807) is 0 Å². The van der Waals surface area contributed by atoms with Crippen molar-refractivity contribution < 1.29 is 14.3 Å². The number of hydrogen-bond acceptors (Lipinski definition) is 5. The van der Waals surface area contributed by atoms with E-state index in [-0.39, 0.29) is 17.7 Å². The van der Waals surface area contributed by atoms with Crippen LogP contribution in [0.2, 0.25) is 0 Å². The number of fused-ring (bicyclic) bond motifs is 1. The van der Waals surface area contributed by atoms with Gasteiger partial charge >= 0.3 is 5.97 Å². The second kappa shape index (κ2) is 8.60. The lowest BCUT2D eigenvalue weighted by molar-refractivity contribution is -0.148. The number of hydrogen-bond donors (Lipinski definition) is 0. The molecule has 1 aromatic heterocycles. The first-order chi connectivity index (χ1) is 12.6. The lowest BCUT2D eigenvalue weighted by Crippen LogP contribution is -2.29. The van der Waals surface area contributed by atoms with Crippen molar-refractivity contribution in [2.24, 2.45) is 5.92 Å². The third-order valence-corrected chi connectivity index (χ3v) is 5.89. The van der Waals surface area contributed by atoms with Crippen molar-refractivity contribution in [3.63, 3.8) is 0 Å². The fraction of sp³-hybridized carbons (Fsp3) is 0.429. The van der Waals surface area contributed by atoms with Gasteiger partial charge in [-0.2, -0.15) is 0 Å². The predicted octanol–water partition coefficient (Wildman–Crippen LogP) is 3.58. The molecule has 5 heteroatoms. The summed E-state index contributed by atoms with van der Waals surface area (Å²) < 4.78 is 5.48. The van der Waals surface area contributed by atoms with Crippen molar-refractivity contribution in [1.82, 2.24) is 4.90 Å². The molecule has 0 fully saturated rings. The van der Waals surface area contributed by atoms with Crippen molar-refractivity contribution in [2.75, 3.05) is 26.2 Å². The maximum absolute atomic E-state index is 12.5. The Morgan fingerprint density at radius 2 is 1.92 bits per heavy atom. The maximum atomic E-state index is 12.5. The molecular weight excluding hydrogens is 346 g/mol. The molecule has 0 saturated carbocycles. The molecule has 138 valence electrons. The van der Waals surface area contributed by atoms with Crippen LogP contribution in [-0.4, -0.2) is 42.9 Å². The molecule has 0 saturated heterocycles. The standard InChI is InChI=1S/C21H25NO3S/c1-3-22(4-2)9-10-25-21(24)18-12-15-7-8-16(13-17(15)14-18)20(23)19-6-5-11-26-19/h5-8,11,13,18H,3-4,9-10,12,14H2,1-2H3. The lowest BCUT2D eigenvalue weighted by atomic mass is 10.0. The molecule has 1 aromatic carbocycles. The summed E-state index contributed by atoms with van der Waals surface area (Å²) in [4.78, 5) is 27.9. The molecule has 1 aliphatic carbocycles. The van der Waals surface area contributed by atoms with E-state index in [1.807, 2.05) is 35.7 Å². The summed E-state index contributed by atoms with van der Waals surface area (Å²) in [5.74, 6) is -0.207. The Morgan fingerprint density at radius 3 is 2.62 bits per heavy atom. The van der Waals surface area contributed by atoms with E-state index >= 15 is 0 Å². The van der Waals surface area contributed by atoms with Crippen LogP contribution in [0.4, 0.5) is 0 Å². The van der Waals surface area contributed by atoms with Crippen molar-refractivity contribution in [1.29, 1.82) is 0 Å². The second-order valence-corrected chi connectivity index (χ2v) is 7.54. The van der Waals surface area contributed by atoms with Crippen LogP contribution in [0.3, 0.4) is 0 Å². The highest BCUT2D eigenvalue weighted by Crippen LogP contribution is 2.29. The average molecular weight is 372 g/mol. The molecule has 4 nitrogen and oxygen atoms in total. The minimum Gasteiger partial charge on any atom is -0.464 e. The number of benzene rings is 1. The minimum atomic E-state index is -0.131. The Bertz CT molecular complexity index is 766. The Kier molecular flexibility index (Phi) is 6.22. The zero-order valence-corrected chi connectivity index (χ0v) is 16.2. The van der Waals surface area contributed by atoms with Crippen molar-refractivity contribution >= 4 is 23.1 Å². The van der Waals surface area contributed by atoms with Crippen molar-refractivity contribution in [3.8, 4) is 0 Å².